The zero-order chi connectivity index (χ0) is 22.7. The second kappa shape index (κ2) is 9.17. The third-order valence-electron chi connectivity index (χ3n) is 5.64. The Morgan fingerprint density at radius 3 is 1.74 bits per heavy atom. The molecule has 0 aliphatic carbocycles. The summed E-state index contributed by atoms with van der Waals surface area (Å²) in [7, 11) is 0. The Hall–Kier alpha value is -3.40. The molecule has 0 aliphatic heterocycles. The maximum absolute atomic E-state index is 12.1. The van der Waals surface area contributed by atoms with Gasteiger partial charge in [-0.05, 0) is 76.8 Å². The van der Waals surface area contributed by atoms with Crippen LogP contribution in [-0.2, 0) is 12.8 Å². The zero-order valence-corrected chi connectivity index (χ0v) is 18.4. The van der Waals surface area contributed by atoms with Crippen LogP contribution in [0.3, 0.4) is 0 Å². The molecular formula is C27H28O4. The SMILES string of the molecule is CCc1cc(CC(C)C)c(C)c(-c2ccccc2C(=O)O)c1-c1ccccc1C(=O)O. The highest BCUT2D eigenvalue weighted by atomic mass is 16.4. The highest BCUT2D eigenvalue weighted by molar-refractivity contribution is 6.04. The maximum atomic E-state index is 12.1. The van der Waals surface area contributed by atoms with Gasteiger partial charge in [-0.1, -0.05) is 63.2 Å². The van der Waals surface area contributed by atoms with Gasteiger partial charge in [0.2, 0.25) is 0 Å². The number of hydrogen-bond acceptors (Lipinski definition) is 2. The molecule has 0 saturated heterocycles. The van der Waals surface area contributed by atoms with Crippen molar-refractivity contribution in [3.05, 3.63) is 82.4 Å². The molecule has 0 unspecified atom stereocenters. The summed E-state index contributed by atoms with van der Waals surface area (Å²) >= 11 is 0. The zero-order valence-electron chi connectivity index (χ0n) is 18.4. The first-order valence-corrected chi connectivity index (χ1v) is 10.6. The Bertz CT molecular complexity index is 1140. The van der Waals surface area contributed by atoms with Crippen molar-refractivity contribution in [3.8, 4) is 22.3 Å². The van der Waals surface area contributed by atoms with E-state index in [9.17, 15) is 19.8 Å². The van der Waals surface area contributed by atoms with Gasteiger partial charge in [0, 0.05) is 0 Å². The predicted octanol–water partition coefficient (Wildman–Crippen LogP) is 6.49. The van der Waals surface area contributed by atoms with Crippen LogP contribution in [0.5, 0.6) is 0 Å². The number of aromatic carboxylic acids is 2. The molecule has 160 valence electrons. The number of carboxylic acid groups (broad SMARTS) is 2. The number of carbonyl (C=O) groups is 2. The first-order chi connectivity index (χ1) is 14.8. The standard InChI is InChI=1S/C27H28O4/c1-5-18-15-19(14-16(2)3)17(4)24(20-10-6-8-12-22(20)26(28)29)25(18)21-11-7-9-13-23(21)27(30)31/h6-13,15-16H,5,14H2,1-4H3,(H,28,29)(H,30,31). The largest absolute Gasteiger partial charge is 0.478 e. The van der Waals surface area contributed by atoms with Crippen molar-refractivity contribution in [1.82, 2.24) is 0 Å². The highest BCUT2D eigenvalue weighted by Crippen LogP contribution is 2.42. The summed E-state index contributed by atoms with van der Waals surface area (Å²) in [5, 5.41) is 19.7. The van der Waals surface area contributed by atoms with E-state index in [0.717, 1.165) is 28.7 Å². The van der Waals surface area contributed by atoms with Gasteiger partial charge in [0.25, 0.3) is 0 Å². The average molecular weight is 417 g/mol. The fourth-order valence-corrected chi connectivity index (χ4v) is 4.25. The lowest BCUT2D eigenvalue weighted by Gasteiger charge is -2.23. The number of hydrogen-bond donors (Lipinski definition) is 2. The summed E-state index contributed by atoms with van der Waals surface area (Å²) in [4.78, 5) is 24.1. The minimum absolute atomic E-state index is 0.210. The van der Waals surface area contributed by atoms with Crippen LogP contribution in [0.4, 0.5) is 0 Å². The predicted molar refractivity (Wildman–Crippen MR) is 124 cm³/mol. The topological polar surface area (TPSA) is 74.6 Å². The Balaban J connectivity index is 2.51. The van der Waals surface area contributed by atoms with Crippen molar-refractivity contribution in [3.63, 3.8) is 0 Å². The lowest BCUT2D eigenvalue weighted by molar-refractivity contribution is 0.0686. The molecular weight excluding hydrogens is 388 g/mol. The lowest BCUT2D eigenvalue weighted by atomic mass is 9.80. The fraction of sp³-hybridized carbons (Fsp3) is 0.259. The van der Waals surface area contributed by atoms with Gasteiger partial charge in [-0.25, -0.2) is 9.59 Å². The summed E-state index contributed by atoms with van der Waals surface area (Å²) < 4.78 is 0. The third kappa shape index (κ3) is 4.38. The molecule has 0 spiro atoms. The van der Waals surface area contributed by atoms with Gasteiger partial charge in [0.1, 0.15) is 0 Å². The molecule has 31 heavy (non-hydrogen) atoms. The summed E-state index contributed by atoms with van der Waals surface area (Å²) in [6.07, 6.45) is 1.57. The van der Waals surface area contributed by atoms with Gasteiger partial charge < -0.3 is 10.2 Å². The summed E-state index contributed by atoms with van der Waals surface area (Å²) in [5.41, 5.74) is 6.44. The highest BCUT2D eigenvalue weighted by Gasteiger charge is 2.24. The van der Waals surface area contributed by atoms with Crippen LogP contribution in [0.1, 0.15) is 58.2 Å². The maximum Gasteiger partial charge on any atom is 0.336 e. The van der Waals surface area contributed by atoms with Gasteiger partial charge >= 0.3 is 11.9 Å². The minimum atomic E-state index is -1.00. The summed E-state index contributed by atoms with van der Waals surface area (Å²) in [6.45, 7) is 8.37. The van der Waals surface area contributed by atoms with Crippen LogP contribution in [0.25, 0.3) is 22.3 Å². The number of rotatable bonds is 7. The molecule has 0 amide bonds. The second-order valence-corrected chi connectivity index (χ2v) is 8.22. The van der Waals surface area contributed by atoms with Gasteiger partial charge in [-0.15, -0.1) is 0 Å². The van der Waals surface area contributed by atoms with E-state index < -0.39 is 11.9 Å². The number of benzene rings is 3. The van der Waals surface area contributed by atoms with E-state index in [1.165, 1.54) is 5.56 Å². The van der Waals surface area contributed by atoms with Crippen LogP contribution in [0.15, 0.2) is 54.6 Å². The van der Waals surface area contributed by atoms with Crippen molar-refractivity contribution < 1.29 is 19.8 Å². The van der Waals surface area contributed by atoms with Crippen molar-refractivity contribution in [2.24, 2.45) is 5.92 Å². The average Bonchev–Trinajstić information content (AvgIpc) is 2.74. The Kier molecular flexibility index (Phi) is 6.59. The molecule has 0 aliphatic rings. The van der Waals surface area contributed by atoms with E-state index in [1.807, 2.05) is 38.1 Å². The number of carboxylic acids is 2. The summed E-state index contributed by atoms with van der Waals surface area (Å²) in [6, 6.07) is 16.1. The van der Waals surface area contributed by atoms with E-state index in [1.54, 1.807) is 24.3 Å². The first kappa shape index (κ1) is 22.3. The van der Waals surface area contributed by atoms with Gasteiger partial charge in [0.05, 0.1) is 11.1 Å². The van der Waals surface area contributed by atoms with Crippen molar-refractivity contribution in [1.29, 1.82) is 0 Å². The molecule has 0 saturated carbocycles. The van der Waals surface area contributed by atoms with Gasteiger partial charge in [0.15, 0.2) is 0 Å². The molecule has 4 heteroatoms. The van der Waals surface area contributed by atoms with E-state index in [0.29, 0.717) is 23.5 Å². The molecule has 0 fully saturated rings. The quantitative estimate of drug-likeness (QED) is 0.462. The van der Waals surface area contributed by atoms with E-state index >= 15 is 0 Å². The second-order valence-electron chi connectivity index (χ2n) is 8.22. The summed E-state index contributed by atoms with van der Waals surface area (Å²) in [5.74, 6) is -1.57. The molecule has 0 radical (unpaired) electrons. The van der Waals surface area contributed by atoms with Crippen LogP contribution in [0.2, 0.25) is 0 Å². The van der Waals surface area contributed by atoms with Crippen LogP contribution in [0, 0.1) is 12.8 Å². The molecule has 0 atom stereocenters. The smallest absolute Gasteiger partial charge is 0.336 e. The van der Waals surface area contributed by atoms with E-state index in [-0.39, 0.29) is 11.1 Å². The van der Waals surface area contributed by atoms with Crippen LogP contribution in [-0.4, -0.2) is 22.2 Å². The fourth-order valence-electron chi connectivity index (χ4n) is 4.25. The molecule has 4 nitrogen and oxygen atoms in total. The van der Waals surface area contributed by atoms with Crippen molar-refractivity contribution in [2.45, 2.75) is 40.5 Å². The normalized spacial score (nSPS) is 11.0. The van der Waals surface area contributed by atoms with Crippen molar-refractivity contribution in [2.75, 3.05) is 0 Å². The van der Waals surface area contributed by atoms with Crippen LogP contribution >= 0.6 is 0 Å². The molecule has 0 bridgehead atoms. The van der Waals surface area contributed by atoms with Crippen LogP contribution < -0.4 is 0 Å². The van der Waals surface area contributed by atoms with Gasteiger partial charge in [-0.3, -0.25) is 0 Å². The Morgan fingerprint density at radius 2 is 1.29 bits per heavy atom. The molecule has 0 heterocycles. The van der Waals surface area contributed by atoms with Crippen molar-refractivity contribution >= 4 is 11.9 Å². The van der Waals surface area contributed by atoms with E-state index in [2.05, 4.69) is 19.9 Å². The number of aryl methyl sites for hydroxylation is 1. The first-order valence-electron chi connectivity index (χ1n) is 10.6. The minimum Gasteiger partial charge on any atom is -0.478 e. The third-order valence-corrected chi connectivity index (χ3v) is 5.64. The van der Waals surface area contributed by atoms with E-state index in [4.69, 9.17) is 0 Å². The Labute approximate surface area is 183 Å². The molecule has 0 aromatic heterocycles. The monoisotopic (exact) mass is 416 g/mol. The van der Waals surface area contributed by atoms with Gasteiger partial charge in [-0.2, -0.15) is 0 Å². The Morgan fingerprint density at radius 1 is 0.806 bits per heavy atom. The molecule has 3 aromatic rings. The molecule has 3 rings (SSSR count). The molecule has 2 N–H and O–H groups in total. The molecule has 3 aromatic carbocycles. The lowest BCUT2D eigenvalue weighted by Crippen LogP contribution is -2.08.